The summed E-state index contributed by atoms with van der Waals surface area (Å²) in [6.07, 6.45) is 1.55. The molecule has 0 saturated carbocycles. The fourth-order valence-electron chi connectivity index (χ4n) is 3.61. The lowest BCUT2D eigenvalue weighted by atomic mass is 10.2. The number of pyridine rings is 1. The Bertz CT molecular complexity index is 1120. The van der Waals surface area contributed by atoms with Gasteiger partial charge in [0.05, 0.1) is 11.9 Å². The molecule has 2 aliphatic rings. The number of benzene rings is 2. The average Bonchev–Trinajstić information content (AvgIpc) is 3.41. The molecule has 3 heterocycles. The number of carbonyl (C=O) groups is 2. The summed E-state index contributed by atoms with van der Waals surface area (Å²) in [6.45, 7) is 1.93. The number of carbonyl (C=O) groups excluding carboxylic acids is 2. The van der Waals surface area contributed by atoms with E-state index >= 15 is 0 Å². The summed E-state index contributed by atoms with van der Waals surface area (Å²) >= 11 is 0. The van der Waals surface area contributed by atoms with Gasteiger partial charge in [0.2, 0.25) is 6.79 Å². The van der Waals surface area contributed by atoms with Crippen molar-refractivity contribution in [3.8, 4) is 11.5 Å². The third-order valence-electron chi connectivity index (χ3n) is 5.23. The second-order valence-electron chi connectivity index (χ2n) is 7.27. The lowest BCUT2D eigenvalue weighted by Gasteiger charge is -2.18. The molecule has 1 saturated heterocycles. The van der Waals surface area contributed by atoms with Gasteiger partial charge in [0.1, 0.15) is 5.82 Å². The predicted molar refractivity (Wildman–Crippen MR) is 114 cm³/mol. The fourth-order valence-corrected chi connectivity index (χ4v) is 3.61. The number of ether oxygens (including phenoxy) is 2. The van der Waals surface area contributed by atoms with Crippen molar-refractivity contribution in [2.45, 2.75) is 6.54 Å². The quantitative estimate of drug-likeness (QED) is 0.688. The topological polar surface area (TPSA) is 84.0 Å². The number of urea groups is 1. The zero-order chi connectivity index (χ0) is 21.2. The summed E-state index contributed by atoms with van der Waals surface area (Å²) in [5.41, 5.74) is 2.09. The van der Waals surface area contributed by atoms with Gasteiger partial charge in [0.15, 0.2) is 11.5 Å². The van der Waals surface area contributed by atoms with Gasteiger partial charge >= 0.3 is 6.03 Å². The minimum atomic E-state index is -0.279. The molecule has 0 radical (unpaired) electrons. The van der Waals surface area contributed by atoms with Crippen molar-refractivity contribution >= 4 is 23.4 Å². The molecule has 1 N–H and O–H groups in total. The number of rotatable bonds is 5. The molecule has 2 aliphatic heterocycles. The van der Waals surface area contributed by atoms with E-state index in [1.807, 2.05) is 30.3 Å². The summed E-state index contributed by atoms with van der Waals surface area (Å²) in [7, 11) is 0. The monoisotopic (exact) mass is 416 g/mol. The van der Waals surface area contributed by atoms with Gasteiger partial charge in [-0.05, 0) is 35.9 Å². The van der Waals surface area contributed by atoms with Crippen molar-refractivity contribution in [2.24, 2.45) is 0 Å². The molecule has 8 heteroatoms. The number of nitrogens with zero attached hydrogens (tertiary/aromatic N) is 3. The van der Waals surface area contributed by atoms with Crippen LogP contribution in [0.2, 0.25) is 0 Å². The number of hydrogen-bond donors (Lipinski definition) is 1. The van der Waals surface area contributed by atoms with Crippen molar-refractivity contribution in [2.75, 3.05) is 30.1 Å². The van der Waals surface area contributed by atoms with Gasteiger partial charge in [0, 0.05) is 25.2 Å². The molecule has 0 bridgehead atoms. The van der Waals surface area contributed by atoms with Gasteiger partial charge in [-0.2, -0.15) is 0 Å². The van der Waals surface area contributed by atoms with Crippen LogP contribution in [0.15, 0.2) is 66.9 Å². The highest BCUT2D eigenvalue weighted by Gasteiger charge is 2.30. The van der Waals surface area contributed by atoms with Crippen LogP contribution in [0.1, 0.15) is 15.9 Å². The Hall–Kier alpha value is -4.07. The van der Waals surface area contributed by atoms with E-state index in [-0.39, 0.29) is 18.7 Å². The Balaban J connectivity index is 1.23. The molecular formula is C23H20N4O4. The number of hydrogen-bond acceptors (Lipinski definition) is 5. The minimum absolute atomic E-state index is 0.0755. The first-order valence-electron chi connectivity index (χ1n) is 9.95. The van der Waals surface area contributed by atoms with Gasteiger partial charge in [-0.3, -0.25) is 9.69 Å². The SMILES string of the molecule is O=C(Nc1ccc(N2CCN(Cc3ccccc3)C2=O)nc1)c1ccc2c(c1)OCO2. The van der Waals surface area contributed by atoms with E-state index in [2.05, 4.69) is 10.3 Å². The number of aromatic nitrogens is 1. The Kier molecular flexibility index (Phi) is 4.87. The number of amides is 3. The van der Waals surface area contributed by atoms with E-state index in [0.29, 0.717) is 48.2 Å². The highest BCUT2D eigenvalue weighted by molar-refractivity contribution is 6.04. The highest BCUT2D eigenvalue weighted by atomic mass is 16.7. The van der Waals surface area contributed by atoms with Crippen LogP contribution < -0.4 is 19.7 Å². The molecule has 1 aromatic heterocycles. The first-order chi connectivity index (χ1) is 15.2. The van der Waals surface area contributed by atoms with Gasteiger partial charge in [-0.25, -0.2) is 9.78 Å². The summed E-state index contributed by atoms with van der Waals surface area (Å²) in [5, 5.41) is 2.81. The molecule has 0 aliphatic carbocycles. The van der Waals surface area contributed by atoms with Gasteiger partial charge in [0.25, 0.3) is 5.91 Å². The van der Waals surface area contributed by atoms with E-state index in [4.69, 9.17) is 9.47 Å². The van der Waals surface area contributed by atoms with Crippen LogP contribution in [0.4, 0.5) is 16.3 Å². The maximum Gasteiger partial charge on any atom is 0.326 e. The minimum Gasteiger partial charge on any atom is -0.454 e. The maximum absolute atomic E-state index is 12.8. The summed E-state index contributed by atoms with van der Waals surface area (Å²) < 4.78 is 10.6. The molecule has 5 rings (SSSR count). The normalized spacial score (nSPS) is 14.8. The molecule has 0 spiro atoms. The molecular weight excluding hydrogens is 396 g/mol. The van der Waals surface area contributed by atoms with E-state index in [1.54, 1.807) is 46.3 Å². The van der Waals surface area contributed by atoms with Crippen molar-refractivity contribution in [3.63, 3.8) is 0 Å². The van der Waals surface area contributed by atoms with Crippen molar-refractivity contribution in [1.29, 1.82) is 0 Å². The molecule has 3 amide bonds. The van der Waals surface area contributed by atoms with Gasteiger partial charge in [-0.1, -0.05) is 30.3 Å². The fraction of sp³-hybridized carbons (Fsp3) is 0.174. The molecule has 3 aromatic rings. The van der Waals surface area contributed by atoms with E-state index < -0.39 is 0 Å². The lowest BCUT2D eigenvalue weighted by molar-refractivity contribution is 0.102. The van der Waals surface area contributed by atoms with Crippen LogP contribution in [0.3, 0.4) is 0 Å². The maximum atomic E-state index is 12.8. The molecule has 0 unspecified atom stereocenters. The van der Waals surface area contributed by atoms with Crippen LogP contribution in [0, 0.1) is 0 Å². The largest absolute Gasteiger partial charge is 0.454 e. The highest BCUT2D eigenvalue weighted by Crippen LogP contribution is 2.32. The Morgan fingerprint density at radius 1 is 1.00 bits per heavy atom. The molecule has 0 atom stereocenters. The Labute approximate surface area is 179 Å². The van der Waals surface area contributed by atoms with Crippen LogP contribution in [-0.4, -0.2) is 41.7 Å². The lowest BCUT2D eigenvalue weighted by Crippen LogP contribution is -2.31. The van der Waals surface area contributed by atoms with Crippen LogP contribution >= 0.6 is 0 Å². The standard InChI is InChI=1S/C23H20N4O4/c28-22(17-6-8-19-20(12-17)31-15-30-19)25-18-7-9-21(24-13-18)27-11-10-26(23(27)29)14-16-4-2-1-3-5-16/h1-9,12-13H,10-11,14-15H2,(H,25,28). The van der Waals surface area contributed by atoms with Crippen LogP contribution in [-0.2, 0) is 6.54 Å². The molecule has 31 heavy (non-hydrogen) atoms. The van der Waals surface area contributed by atoms with E-state index in [0.717, 1.165) is 5.56 Å². The third kappa shape index (κ3) is 3.87. The summed E-state index contributed by atoms with van der Waals surface area (Å²) in [4.78, 5) is 33.1. The smallest absolute Gasteiger partial charge is 0.326 e. The Morgan fingerprint density at radius 3 is 2.65 bits per heavy atom. The number of fused-ring (bicyclic) bond motifs is 1. The second-order valence-corrected chi connectivity index (χ2v) is 7.27. The van der Waals surface area contributed by atoms with Crippen LogP contribution in [0.5, 0.6) is 11.5 Å². The third-order valence-corrected chi connectivity index (χ3v) is 5.23. The summed E-state index contributed by atoms with van der Waals surface area (Å²) in [6, 6.07) is 18.3. The molecule has 156 valence electrons. The predicted octanol–water partition coefficient (Wildman–Crippen LogP) is 3.50. The zero-order valence-electron chi connectivity index (χ0n) is 16.7. The van der Waals surface area contributed by atoms with Crippen molar-refractivity contribution in [3.05, 3.63) is 78.0 Å². The summed E-state index contributed by atoms with van der Waals surface area (Å²) in [5.74, 6) is 1.45. The zero-order valence-corrected chi connectivity index (χ0v) is 16.7. The molecule has 1 fully saturated rings. The first kappa shape index (κ1) is 18.9. The molecule has 8 nitrogen and oxygen atoms in total. The average molecular weight is 416 g/mol. The number of anilines is 2. The van der Waals surface area contributed by atoms with Gasteiger partial charge < -0.3 is 19.7 Å². The van der Waals surface area contributed by atoms with Gasteiger partial charge in [-0.15, -0.1) is 0 Å². The first-order valence-corrected chi connectivity index (χ1v) is 9.95. The molecule has 2 aromatic carbocycles. The van der Waals surface area contributed by atoms with Crippen molar-refractivity contribution in [1.82, 2.24) is 9.88 Å². The van der Waals surface area contributed by atoms with E-state index in [1.165, 1.54) is 0 Å². The van der Waals surface area contributed by atoms with Crippen molar-refractivity contribution < 1.29 is 19.1 Å². The Morgan fingerprint density at radius 2 is 1.84 bits per heavy atom. The second kappa shape index (κ2) is 7.98. The number of nitrogens with one attached hydrogen (secondary N) is 1. The van der Waals surface area contributed by atoms with E-state index in [9.17, 15) is 9.59 Å². The van der Waals surface area contributed by atoms with Crippen LogP contribution in [0.25, 0.3) is 0 Å².